The summed E-state index contributed by atoms with van der Waals surface area (Å²) in [4.78, 5) is 18.3. The predicted molar refractivity (Wildman–Crippen MR) is 111 cm³/mol. The molecule has 0 radical (unpaired) electrons. The molecule has 3 aromatic rings. The normalized spacial score (nSPS) is 17.6. The Labute approximate surface area is 194 Å². The van der Waals surface area contributed by atoms with Crippen LogP contribution in [0.3, 0.4) is 0 Å². The summed E-state index contributed by atoms with van der Waals surface area (Å²) < 4.78 is 67.8. The maximum atomic E-state index is 13.1. The number of hydrogen-bond donors (Lipinski definition) is 2. The van der Waals surface area contributed by atoms with Gasteiger partial charge in [0.25, 0.3) is 0 Å². The number of carboxylic acids is 1. The number of rotatable bonds is 6. The Balaban J connectivity index is 1.56. The van der Waals surface area contributed by atoms with Gasteiger partial charge < -0.3 is 14.7 Å². The summed E-state index contributed by atoms with van der Waals surface area (Å²) in [5.74, 6) is -1.64. The number of aromatic nitrogens is 5. The average molecular weight is 519 g/mol. The Kier molecular flexibility index (Phi) is 6.17. The average Bonchev–Trinajstić information content (AvgIpc) is 3.42. The molecule has 34 heavy (non-hydrogen) atoms. The molecule has 1 aromatic carbocycles. The van der Waals surface area contributed by atoms with Gasteiger partial charge in [0.15, 0.2) is 5.13 Å². The summed E-state index contributed by atoms with van der Waals surface area (Å²) in [7, 11) is -4.32. The van der Waals surface area contributed by atoms with Crippen molar-refractivity contribution in [3.63, 3.8) is 0 Å². The number of nitrogens with zero attached hydrogens (tertiary/aromatic N) is 6. The van der Waals surface area contributed by atoms with E-state index in [2.05, 4.69) is 30.3 Å². The zero-order valence-corrected chi connectivity index (χ0v) is 18.9. The minimum atomic E-state index is -4.93. The van der Waals surface area contributed by atoms with Gasteiger partial charge in [-0.1, -0.05) is 11.3 Å². The number of thiazole rings is 1. The molecule has 0 aliphatic carbocycles. The summed E-state index contributed by atoms with van der Waals surface area (Å²) >= 11 is 1.21. The van der Waals surface area contributed by atoms with Gasteiger partial charge >= 0.3 is 12.3 Å². The highest BCUT2D eigenvalue weighted by Gasteiger charge is 2.41. The number of anilines is 1. The van der Waals surface area contributed by atoms with Crippen molar-refractivity contribution in [2.45, 2.75) is 24.2 Å². The molecule has 0 amide bonds. The predicted octanol–water partition coefficient (Wildman–Crippen LogP) is 1.49. The summed E-state index contributed by atoms with van der Waals surface area (Å²) in [6, 6.07) is 2.11. The SMILES string of the molecule is Cc1nc(N2CCN(S(=O)(=O)c3ccc(OC(F)(F)F)cc3)[C@@H](C(=O)O)C2)sc1-c1nn[nH]n1. The van der Waals surface area contributed by atoms with E-state index in [4.69, 9.17) is 0 Å². The Hall–Kier alpha value is -3.31. The first-order chi connectivity index (χ1) is 16.0. The summed E-state index contributed by atoms with van der Waals surface area (Å²) in [6.45, 7) is 1.49. The number of alkyl halides is 3. The molecule has 1 aliphatic rings. The molecule has 17 heteroatoms. The van der Waals surface area contributed by atoms with Gasteiger partial charge in [0.1, 0.15) is 16.7 Å². The minimum Gasteiger partial charge on any atom is -0.480 e. The molecule has 0 spiro atoms. The van der Waals surface area contributed by atoms with Gasteiger partial charge in [0, 0.05) is 19.6 Å². The van der Waals surface area contributed by atoms with Crippen molar-refractivity contribution < 1.29 is 36.2 Å². The molecule has 3 heterocycles. The van der Waals surface area contributed by atoms with Crippen LogP contribution in [0.5, 0.6) is 5.75 Å². The highest BCUT2D eigenvalue weighted by Crippen LogP contribution is 2.34. The smallest absolute Gasteiger partial charge is 0.480 e. The van der Waals surface area contributed by atoms with Crippen molar-refractivity contribution in [2.75, 3.05) is 24.5 Å². The second-order valence-corrected chi connectivity index (χ2v) is 9.95. The number of H-pyrrole nitrogens is 1. The van der Waals surface area contributed by atoms with Gasteiger partial charge in [-0.05, 0) is 36.4 Å². The van der Waals surface area contributed by atoms with Crippen molar-refractivity contribution in [1.82, 2.24) is 29.9 Å². The van der Waals surface area contributed by atoms with Gasteiger partial charge in [0.2, 0.25) is 15.8 Å². The molecule has 1 fully saturated rings. The molecule has 0 unspecified atom stereocenters. The summed E-state index contributed by atoms with van der Waals surface area (Å²) in [5, 5.41) is 23.9. The maximum Gasteiger partial charge on any atom is 0.573 e. The molecular formula is C17H16F3N7O5S2. The second-order valence-electron chi connectivity index (χ2n) is 7.08. The van der Waals surface area contributed by atoms with E-state index in [1.165, 1.54) is 11.3 Å². The van der Waals surface area contributed by atoms with Crippen LogP contribution in [0.15, 0.2) is 29.2 Å². The highest BCUT2D eigenvalue weighted by atomic mass is 32.2. The van der Waals surface area contributed by atoms with Crippen LogP contribution in [-0.2, 0) is 14.8 Å². The molecule has 1 atom stereocenters. The Morgan fingerprint density at radius 2 is 1.97 bits per heavy atom. The fourth-order valence-corrected chi connectivity index (χ4v) is 5.96. The van der Waals surface area contributed by atoms with Crippen LogP contribution in [0.2, 0.25) is 0 Å². The number of aromatic amines is 1. The number of aliphatic carboxylic acids is 1. The van der Waals surface area contributed by atoms with E-state index >= 15 is 0 Å². The van der Waals surface area contributed by atoms with Crippen LogP contribution < -0.4 is 9.64 Å². The lowest BCUT2D eigenvalue weighted by atomic mass is 10.2. The molecule has 182 valence electrons. The van der Waals surface area contributed by atoms with Crippen LogP contribution in [0.1, 0.15) is 5.69 Å². The molecule has 0 saturated carbocycles. The monoisotopic (exact) mass is 519 g/mol. The van der Waals surface area contributed by atoms with Gasteiger partial charge in [-0.15, -0.1) is 23.4 Å². The van der Waals surface area contributed by atoms with Gasteiger partial charge in [0.05, 0.1) is 10.6 Å². The summed E-state index contributed by atoms with van der Waals surface area (Å²) in [5.41, 5.74) is 0.601. The third-order valence-electron chi connectivity index (χ3n) is 4.88. The molecule has 0 bridgehead atoms. The lowest BCUT2D eigenvalue weighted by molar-refractivity contribution is -0.274. The lowest BCUT2D eigenvalue weighted by Crippen LogP contribution is -2.58. The van der Waals surface area contributed by atoms with Crippen molar-refractivity contribution >= 4 is 32.5 Å². The van der Waals surface area contributed by atoms with Crippen LogP contribution in [-0.4, -0.2) is 81.4 Å². The van der Waals surface area contributed by atoms with E-state index in [1.54, 1.807) is 11.8 Å². The molecule has 4 rings (SSSR count). The topological polar surface area (TPSA) is 154 Å². The van der Waals surface area contributed by atoms with Crippen molar-refractivity contribution in [3.05, 3.63) is 30.0 Å². The summed E-state index contributed by atoms with van der Waals surface area (Å²) in [6.07, 6.45) is -4.93. The number of halogens is 3. The van der Waals surface area contributed by atoms with E-state index in [0.717, 1.165) is 28.6 Å². The standard InChI is InChI=1S/C17H16F3N7O5S2/c1-9-13(14-22-24-25-23-14)33-16(21-9)26-6-7-27(12(8-26)15(28)29)34(30,31)11-4-2-10(3-5-11)32-17(18,19)20/h2-5,12H,6-8H2,1H3,(H,28,29)(H,22,23,24,25)/t12-/m1/s1. The first kappa shape index (κ1) is 23.8. The number of piperazine rings is 1. The molecule has 12 nitrogen and oxygen atoms in total. The van der Waals surface area contributed by atoms with Crippen LogP contribution >= 0.6 is 11.3 Å². The quantitative estimate of drug-likeness (QED) is 0.489. The maximum absolute atomic E-state index is 13.1. The van der Waals surface area contributed by atoms with Crippen LogP contribution in [0.25, 0.3) is 10.7 Å². The van der Waals surface area contributed by atoms with E-state index in [1.807, 2.05) is 0 Å². The largest absolute Gasteiger partial charge is 0.573 e. The lowest BCUT2D eigenvalue weighted by Gasteiger charge is -2.38. The van der Waals surface area contributed by atoms with Gasteiger partial charge in [-0.2, -0.15) is 9.52 Å². The third kappa shape index (κ3) is 4.80. The minimum absolute atomic E-state index is 0.136. The first-order valence-corrected chi connectivity index (χ1v) is 11.8. The number of ether oxygens (including phenoxy) is 1. The number of hydrogen-bond acceptors (Lipinski definition) is 10. The van der Waals surface area contributed by atoms with Crippen molar-refractivity contribution in [3.8, 4) is 16.5 Å². The molecule has 1 saturated heterocycles. The zero-order chi connectivity index (χ0) is 24.7. The highest BCUT2D eigenvalue weighted by molar-refractivity contribution is 7.89. The number of carboxylic acid groups (broad SMARTS) is 1. The number of aryl methyl sites for hydroxylation is 1. The number of nitrogens with one attached hydrogen (secondary N) is 1. The van der Waals surface area contributed by atoms with Gasteiger partial charge in [-0.3, -0.25) is 4.79 Å². The van der Waals surface area contributed by atoms with Crippen LogP contribution in [0, 0.1) is 6.92 Å². The Bertz CT molecular complexity index is 1280. The van der Waals surface area contributed by atoms with Crippen molar-refractivity contribution in [1.29, 1.82) is 0 Å². The zero-order valence-electron chi connectivity index (χ0n) is 17.2. The van der Waals surface area contributed by atoms with Gasteiger partial charge in [-0.25, -0.2) is 13.4 Å². The van der Waals surface area contributed by atoms with E-state index in [0.29, 0.717) is 21.5 Å². The fraction of sp³-hybridized carbons (Fsp3) is 0.353. The second kappa shape index (κ2) is 8.80. The molecule has 1 aliphatic heterocycles. The number of tetrazole rings is 1. The van der Waals surface area contributed by atoms with Crippen LogP contribution in [0.4, 0.5) is 18.3 Å². The fourth-order valence-electron chi connectivity index (χ4n) is 3.36. The van der Waals surface area contributed by atoms with E-state index in [-0.39, 0.29) is 24.5 Å². The van der Waals surface area contributed by atoms with E-state index in [9.17, 15) is 31.5 Å². The first-order valence-electron chi connectivity index (χ1n) is 9.52. The third-order valence-corrected chi connectivity index (χ3v) is 8.02. The Morgan fingerprint density at radius 1 is 1.26 bits per heavy atom. The number of sulfonamides is 1. The van der Waals surface area contributed by atoms with Crippen molar-refractivity contribution in [2.24, 2.45) is 0 Å². The molecule has 2 aromatic heterocycles. The van der Waals surface area contributed by atoms with E-state index < -0.39 is 34.1 Å². The molecular weight excluding hydrogens is 503 g/mol. The molecule has 2 N–H and O–H groups in total. The number of carbonyl (C=O) groups is 1. The number of benzene rings is 1. The Morgan fingerprint density at radius 3 is 2.56 bits per heavy atom.